The van der Waals surface area contributed by atoms with Crippen LogP contribution < -0.4 is 10.9 Å². The molecule has 0 saturated heterocycles. The van der Waals surface area contributed by atoms with E-state index >= 15 is 0 Å². The summed E-state index contributed by atoms with van der Waals surface area (Å²) in [6.07, 6.45) is 4.58. The maximum absolute atomic E-state index is 12.9. The van der Waals surface area contributed by atoms with Gasteiger partial charge >= 0.3 is 0 Å². The van der Waals surface area contributed by atoms with Crippen LogP contribution in [0.3, 0.4) is 0 Å². The summed E-state index contributed by atoms with van der Waals surface area (Å²) in [6, 6.07) is 8.17. The SMILES string of the molecule is Cc1ccccc1Cn1c(=O)c2c(n3ccnc13)CCNC2. The van der Waals surface area contributed by atoms with Crippen LogP contribution >= 0.6 is 0 Å². The van der Waals surface area contributed by atoms with Gasteiger partial charge in [0.2, 0.25) is 5.78 Å². The predicted molar refractivity (Wildman–Crippen MR) is 85.1 cm³/mol. The topological polar surface area (TPSA) is 51.3 Å². The number of benzene rings is 1. The highest BCUT2D eigenvalue weighted by atomic mass is 16.1. The second-order valence-corrected chi connectivity index (χ2v) is 5.77. The van der Waals surface area contributed by atoms with Crippen molar-refractivity contribution in [3.05, 3.63) is 69.4 Å². The number of nitrogens with one attached hydrogen (secondary N) is 1. The van der Waals surface area contributed by atoms with Crippen molar-refractivity contribution >= 4 is 5.78 Å². The van der Waals surface area contributed by atoms with Gasteiger partial charge in [0, 0.05) is 37.6 Å². The van der Waals surface area contributed by atoms with Gasteiger partial charge in [0.15, 0.2) is 0 Å². The number of imidazole rings is 1. The molecule has 0 radical (unpaired) electrons. The summed E-state index contributed by atoms with van der Waals surface area (Å²) < 4.78 is 3.85. The van der Waals surface area contributed by atoms with Gasteiger partial charge in [0.05, 0.1) is 12.1 Å². The number of nitrogens with zero attached hydrogens (tertiary/aromatic N) is 3. The van der Waals surface area contributed by atoms with E-state index in [0.29, 0.717) is 13.1 Å². The van der Waals surface area contributed by atoms with Crippen LogP contribution in [0.5, 0.6) is 0 Å². The minimum Gasteiger partial charge on any atom is -0.312 e. The molecule has 1 aliphatic rings. The average Bonchev–Trinajstić information content (AvgIpc) is 3.03. The van der Waals surface area contributed by atoms with Crippen LogP contribution in [0.25, 0.3) is 5.78 Å². The Labute approximate surface area is 128 Å². The van der Waals surface area contributed by atoms with Crippen molar-refractivity contribution < 1.29 is 0 Å². The molecule has 3 heterocycles. The van der Waals surface area contributed by atoms with E-state index in [-0.39, 0.29) is 5.56 Å². The highest BCUT2D eigenvalue weighted by Gasteiger charge is 2.20. The molecule has 0 unspecified atom stereocenters. The second-order valence-electron chi connectivity index (χ2n) is 5.77. The van der Waals surface area contributed by atoms with Crippen molar-refractivity contribution in [2.45, 2.75) is 26.4 Å². The van der Waals surface area contributed by atoms with Crippen LogP contribution in [0.2, 0.25) is 0 Å². The molecule has 0 atom stereocenters. The van der Waals surface area contributed by atoms with Gasteiger partial charge < -0.3 is 5.32 Å². The molecule has 0 amide bonds. The van der Waals surface area contributed by atoms with Gasteiger partial charge in [0.1, 0.15) is 0 Å². The predicted octanol–water partition coefficient (Wildman–Crippen LogP) is 1.50. The Morgan fingerprint density at radius 3 is 3.05 bits per heavy atom. The summed E-state index contributed by atoms with van der Waals surface area (Å²) in [4.78, 5) is 17.3. The van der Waals surface area contributed by atoms with Crippen LogP contribution in [0, 0.1) is 6.92 Å². The normalized spacial score (nSPS) is 14.2. The van der Waals surface area contributed by atoms with Gasteiger partial charge in [0.25, 0.3) is 5.56 Å². The number of aromatic nitrogens is 3. The van der Waals surface area contributed by atoms with E-state index in [2.05, 4.69) is 33.8 Å². The Morgan fingerprint density at radius 1 is 1.32 bits per heavy atom. The molecule has 2 aromatic heterocycles. The van der Waals surface area contributed by atoms with E-state index in [0.717, 1.165) is 35.6 Å². The monoisotopic (exact) mass is 294 g/mol. The molecule has 112 valence electrons. The maximum atomic E-state index is 12.9. The summed E-state index contributed by atoms with van der Waals surface area (Å²) >= 11 is 0. The van der Waals surface area contributed by atoms with Crippen molar-refractivity contribution in [2.75, 3.05) is 6.54 Å². The third-order valence-corrected chi connectivity index (χ3v) is 4.44. The Morgan fingerprint density at radius 2 is 2.18 bits per heavy atom. The summed E-state index contributed by atoms with van der Waals surface area (Å²) in [5, 5.41) is 3.29. The molecule has 0 fully saturated rings. The lowest BCUT2D eigenvalue weighted by atomic mass is 10.1. The zero-order valence-corrected chi connectivity index (χ0v) is 12.5. The average molecular weight is 294 g/mol. The summed E-state index contributed by atoms with van der Waals surface area (Å²) in [5.41, 5.74) is 4.37. The van der Waals surface area contributed by atoms with Crippen LogP contribution in [0.1, 0.15) is 22.4 Å². The molecule has 5 heteroatoms. The van der Waals surface area contributed by atoms with E-state index in [4.69, 9.17) is 0 Å². The summed E-state index contributed by atoms with van der Waals surface area (Å²) in [7, 11) is 0. The van der Waals surface area contributed by atoms with Crippen molar-refractivity contribution in [1.29, 1.82) is 0 Å². The fourth-order valence-corrected chi connectivity index (χ4v) is 3.20. The Hall–Kier alpha value is -2.40. The van der Waals surface area contributed by atoms with E-state index in [1.54, 1.807) is 10.8 Å². The van der Waals surface area contributed by atoms with Crippen molar-refractivity contribution in [2.24, 2.45) is 0 Å². The quantitative estimate of drug-likeness (QED) is 0.779. The van der Waals surface area contributed by atoms with Gasteiger partial charge in [-0.25, -0.2) is 4.98 Å². The molecule has 1 N–H and O–H groups in total. The fraction of sp³-hybridized carbons (Fsp3) is 0.294. The standard InChI is InChI=1S/C17H18N4O/c1-12-4-2-3-5-13(12)11-21-16(22)14-10-18-7-6-15(14)20-9-8-19-17(20)21/h2-5,8-9,18H,6-7,10-11H2,1H3. The molecular weight excluding hydrogens is 276 g/mol. The zero-order valence-electron chi connectivity index (χ0n) is 12.5. The van der Waals surface area contributed by atoms with E-state index < -0.39 is 0 Å². The maximum Gasteiger partial charge on any atom is 0.259 e. The van der Waals surface area contributed by atoms with Crippen molar-refractivity contribution in [3.63, 3.8) is 0 Å². The van der Waals surface area contributed by atoms with Crippen LogP contribution in [0.4, 0.5) is 0 Å². The minimum atomic E-state index is 0.0733. The van der Waals surface area contributed by atoms with E-state index in [9.17, 15) is 4.79 Å². The molecule has 5 nitrogen and oxygen atoms in total. The first-order valence-electron chi connectivity index (χ1n) is 7.58. The lowest BCUT2D eigenvalue weighted by Crippen LogP contribution is -2.36. The van der Waals surface area contributed by atoms with E-state index in [1.165, 1.54) is 5.56 Å². The first-order chi connectivity index (χ1) is 10.8. The second kappa shape index (κ2) is 5.10. The van der Waals surface area contributed by atoms with Crippen molar-refractivity contribution in [3.8, 4) is 0 Å². The smallest absolute Gasteiger partial charge is 0.259 e. The lowest BCUT2D eigenvalue weighted by molar-refractivity contribution is 0.596. The third kappa shape index (κ3) is 1.97. The molecule has 3 aromatic rings. The highest BCUT2D eigenvalue weighted by molar-refractivity contribution is 5.39. The Kier molecular flexibility index (Phi) is 3.08. The van der Waals surface area contributed by atoms with Crippen LogP contribution in [-0.2, 0) is 19.5 Å². The molecule has 1 aromatic carbocycles. The molecule has 0 aliphatic carbocycles. The van der Waals surface area contributed by atoms with Crippen molar-refractivity contribution in [1.82, 2.24) is 19.3 Å². The number of hydrogen-bond donors (Lipinski definition) is 1. The zero-order chi connectivity index (χ0) is 15.1. The number of fused-ring (bicyclic) bond motifs is 3. The van der Waals surface area contributed by atoms with Crippen LogP contribution in [-0.4, -0.2) is 20.5 Å². The summed E-state index contributed by atoms with van der Waals surface area (Å²) in [5.74, 6) is 0.730. The van der Waals surface area contributed by atoms with E-state index in [1.807, 2.05) is 18.3 Å². The summed E-state index contributed by atoms with van der Waals surface area (Å²) in [6.45, 7) is 4.17. The van der Waals surface area contributed by atoms with Gasteiger partial charge in [-0.15, -0.1) is 0 Å². The molecule has 22 heavy (non-hydrogen) atoms. The van der Waals surface area contributed by atoms with Crippen LogP contribution in [0.15, 0.2) is 41.5 Å². The van der Waals surface area contributed by atoms with Gasteiger partial charge in [-0.2, -0.15) is 0 Å². The highest BCUT2D eigenvalue weighted by Crippen LogP contribution is 2.15. The van der Waals surface area contributed by atoms with Gasteiger partial charge in [-0.1, -0.05) is 24.3 Å². The molecule has 0 spiro atoms. The molecule has 1 aliphatic heterocycles. The van der Waals surface area contributed by atoms with Gasteiger partial charge in [-0.3, -0.25) is 13.8 Å². The Bertz CT molecular complexity index is 907. The lowest BCUT2D eigenvalue weighted by Gasteiger charge is -2.20. The number of hydrogen-bond acceptors (Lipinski definition) is 3. The minimum absolute atomic E-state index is 0.0733. The number of rotatable bonds is 2. The number of aryl methyl sites for hydroxylation is 1. The fourth-order valence-electron chi connectivity index (χ4n) is 3.20. The molecule has 0 bridgehead atoms. The molecule has 4 rings (SSSR count). The molecular formula is C17H18N4O. The Balaban J connectivity index is 1.94. The first-order valence-corrected chi connectivity index (χ1v) is 7.58. The molecule has 0 saturated carbocycles. The first kappa shape index (κ1) is 13.3. The third-order valence-electron chi connectivity index (χ3n) is 4.44. The largest absolute Gasteiger partial charge is 0.312 e. The van der Waals surface area contributed by atoms with Gasteiger partial charge in [-0.05, 0) is 18.1 Å².